The SMILES string of the molecule is CCCNC(C(C)c1ccccn1)C(C)S(C)(=O)=O. The van der Waals surface area contributed by atoms with E-state index in [2.05, 4.69) is 17.2 Å². The van der Waals surface area contributed by atoms with E-state index in [0.717, 1.165) is 18.7 Å². The highest BCUT2D eigenvalue weighted by Crippen LogP contribution is 2.22. The van der Waals surface area contributed by atoms with Crippen molar-refractivity contribution in [3.8, 4) is 0 Å². The summed E-state index contributed by atoms with van der Waals surface area (Å²) in [4.78, 5) is 4.34. The van der Waals surface area contributed by atoms with Crippen molar-refractivity contribution < 1.29 is 8.42 Å². The average molecular weight is 284 g/mol. The Labute approximate surface area is 116 Å². The van der Waals surface area contributed by atoms with Gasteiger partial charge >= 0.3 is 0 Å². The Bertz CT molecular complexity index is 473. The number of rotatable bonds is 7. The number of hydrogen-bond donors (Lipinski definition) is 1. The fourth-order valence-electron chi connectivity index (χ4n) is 2.16. The fourth-order valence-corrected chi connectivity index (χ4v) is 3.02. The third-order valence-corrected chi connectivity index (χ3v) is 5.15. The molecule has 0 aromatic carbocycles. The normalized spacial score (nSPS) is 16.8. The predicted octanol–water partition coefficient (Wildman–Crippen LogP) is 1.99. The summed E-state index contributed by atoms with van der Waals surface area (Å²) in [6.07, 6.45) is 4.01. The molecular weight excluding hydrogens is 260 g/mol. The van der Waals surface area contributed by atoms with Crippen molar-refractivity contribution in [3.63, 3.8) is 0 Å². The molecule has 0 aliphatic rings. The molecule has 3 unspecified atom stereocenters. The molecule has 0 radical (unpaired) electrons. The van der Waals surface area contributed by atoms with Gasteiger partial charge in [0.1, 0.15) is 0 Å². The van der Waals surface area contributed by atoms with Gasteiger partial charge < -0.3 is 5.32 Å². The van der Waals surface area contributed by atoms with Gasteiger partial charge in [0.05, 0.1) is 5.25 Å². The second kappa shape index (κ2) is 7.01. The minimum Gasteiger partial charge on any atom is -0.312 e. The molecule has 108 valence electrons. The molecule has 4 nitrogen and oxygen atoms in total. The van der Waals surface area contributed by atoms with Crippen LogP contribution >= 0.6 is 0 Å². The summed E-state index contributed by atoms with van der Waals surface area (Å²) in [5.41, 5.74) is 0.923. The molecule has 0 spiro atoms. The highest BCUT2D eigenvalue weighted by molar-refractivity contribution is 7.91. The van der Waals surface area contributed by atoms with Crippen LogP contribution in [-0.4, -0.2) is 37.5 Å². The monoisotopic (exact) mass is 284 g/mol. The summed E-state index contributed by atoms with van der Waals surface area (Å²) in [6.45, 7) is 6.67. The van der Waals surface area contributed by atoms with E-state index in [0.29, 0.717) is 0 Å². The van der Waals surface area contributed by atoms with Crippen LogP contribution < -0.4 is 5.32 Å². The van der Waals surface area contributed by atoms with Crippen LogP contribution in [0.2, 0.25) is 0 Å². The van der Waals surface area contributed by atoms with E-state index >= 15 is 0 Å². The molecule has 19 heavy (non-hydrogen) atoms. The molecular formula is C14H24N2O2S. The van der Waals surface area contributed by atoms with E-state index in [-0.39, 0.29) is 12.0 Å². The first-order valence-corrected chi connectivity index (χ1v) is 8.66. The number of pyridine rings is 1. The first kappa shape index (κ1) is 16.1. The smallest absolute Gasteiger partial charge is 0.151 e. The third-order valence-electron chi connectivity index (χ3n) is 3.50. The summed E-state index contributed by atoms with van der Waals surface area (Å²) < 4.78 is 23.6. The van der Waals surface area contributed by atoms with Crippen molar-refractivity contribution in [2.75, 3.05) is 12.8 Å². The summed E-state index contributed by atoms with van der Waals surface area (Å²) in [7, 11) is -3.08. The predicted molar refractivity (Wildman–Crippen MR) is 79.0 cm³/mol. The highest BCUT2D eigenvalue weighted by Gasteiger charge is 2.31. The van der Waals surface area contributed by atoms with Crippen LogP contribution in [-0.2, 0) is 9.84 Å². The average Bonchev–Trinajstić information content (AvgIpc) is 2.38. The van der Waals surface area contributed by atoms with Crippen LogP contribution in [0, 0.1) is 0 Å². The molecule has 0 aliphatic carbocycles. The number of sulfone groups is 1. The Morgan fingerprint density at radius 3 is 2.47 bits per heavy atom. The number of hydrogen-bond acceptors (Lipinski definition) is 4. The minimum absolute atomic E-state index is 0.0532. The van der Waals surface area contributed by atoms with Gasteiger partial charge in [-0.15, -0.1) is 0 Å². The Morgan fingerprint density at radius 2 is 2.00 bits per heavy atom. The standard InChI is InChI=1S/C14H24N2O2S/c1-5-9-16-14(12(3)19(4,17)18)11(2)13-8-6-7-10-15-13/h6-8,10-12,14,16H,5,9H2,1-4H3. The lowest BCUT2D eigenvalue weighted by atomic mass is 9.95. The molecule has 1 aromatic heterocycles. The van der Waals surface area contributed by atoms with Crippen LogP contribution in [0.25, 0.3) is 0 Å². The topological polar surface area (TPSA) is 59.1 Å². The number of nitrogens with zero attached hydrogens (tertiary/aromatic N) is 1. The van der Waals surface area contributed by atoms with Crippen LogP contribution in [0.1, 0.15) is 38.8 Å². The zero-order valence-corrected chi connectivity index (χ0v) is 12.9. The maximum atomic E-state index is 11.8. The molecule has 0 fully saturated rings. The quantitative estimate of drug-likeness (QED) is 0.832. The van der Waals surface area contributed by atoms with E-state index in [4.69, 9.17) is 0 Å². The fraction of sp³-hybridized carbons (Fsp3) is 0.643. The van der Waals surface area contributed by atoms with Crippen molar-refractivity contribution >= 4 is 9.84 Å². The lowest BCUT2D eigenvalue weighted by Gasteiger charge is -2.29. The maximum Gasteiger partial charge on any atom is 0.151 e. The lowest BCUT2D eigenvalue weighted by Crippen LogP contribution is -2.46. The molecule has 1 N–H and O–H groups in total. The van der Waals surface area contributed by atoms with Crippen LogP contribution in [0.15, 0.2) is 24.4 Å². The zero-order valence-electron chi connectivity index (χ0n) is 12.1. The Kier molecular flexibility index (Phi) is 5.94. The van der Waals surface area contributed by atoms with E-state index < -0.39 is 15.1 Å². The molecule has 1 aromatic rings. The van der Waals surface area contributed by atoms with Crippen molar-refractivity contribution in [1.82, 2.24) is 10.3 Å². The van der Waals surface area contributed by atoms with E-state index in [1.165, 1.54) is 6.26 Å². The Balaban J connectivity index is 2.97. The van der Waals surface area contributed by atoms with Crippen molar-refractivity contribution in [3.05, 3.63) is 30.1 Å². The molecule has 5 heteroatoms. The first-order chi connectivity index (χ1) is 8.88. The van der Waals surface area contributed by atoms with Crippen molar-refractivity contribution in [1.29, 1.82) is 0 Å². The minimum atomic E-state index is -3.08. The van der Waals surface area contributed by atoms with E-state index in [1.54, 1.807) is 13.1 Å². The molecule has 0 saturated heterocycles. The van der Waals surface area contributed by atoms with E-state index in [1.807, 2.05) is 25.1 Å². The highest BCUT2D eigenvalue weighted by atomic mass is 32.2. The number of nitrogens with one attached hydrogen (secondary N) is 1. The Morgan fingerprint density at radius 1 is 1.32 bits per heavy atom. The Hall–Kier alpha value is -0.940. The van der Waals surface area contributed by atoms with Gasteiger partial charge in [-0.25, -0.2) is 8.42 Å². The van der Waals surface area contributed by atoms with Gasteiger partial charge in [0, 0.05) is 30.1 Å². The molecule has 1 rings (SSSR count). The maximum absolute atomic E-state index is 11.8. The third kappa shape index (κ3) is 4.58. The van der Waals surface area contributed by atoms with E-state index in [9.17, 15) is 8.42 Å². The van der Waals surface area contributed by atoms with Gasteiger partial charge in [-0.1, -0.05) is 19.9 Å². The van der Waals surface area contributed by atoms with Crippen molar-refractivity contribution in [2.24, 2.45) is 0 Å². The molecule has 0 bridgehead atoms. The van der Waals surface area contributed by atoms with Crippen LogP contribution in [0.3, 0.4) is 0 Å². The molecule has 3 atom stereocenters. The van der Waals surface area contributed by atoms with Crippen LogP contribution in [0.4, 0.5) is 0 Å². The van der Waals surface area contributed by atoms with Gasteiger partial charge in [-0.3, -0.25) is 4.98 Å². The summed E-state index contributed by atoms with van der Waals surface area (Å²) in [6, 6.07) is 5.62. The lowest BCUT2D eigenvalue weighted by molar-refractivity contribution is 0.428. The summed E-state index contributed by atoms with van der Waals surface area (Å²) in [5, 5.41) is 2.92. The second-order valence-electron chi connectivity index (χ2n) is 5.06. The first-order valence-electron chi connectivity index (χ1n) is 6.71. The van der Waals surface area contributed by atoms with Gasteiger partial charge in [0.2, 0.25) is 0 Å². The largest absolute Gasteiger partial charge is 0.312 e. The molecule has 0 amide bonds. The molecule has 0 aliphatic heterocycles. The van der Waals surface area contributed by atoms with Gasteiger partial charge in [-0.2, -0.15) is 0 Å². The molecule has 0 saturated carbocycles. The van der Waals surface area contributed by atoms with Gasteiger partial charge in [0.15, 0.2) is 9.84 Å². The number of aromatic nitrogens is 1. The van der Waals surface area contributed by atoms with Gasteiger partial charge in [0.25, 0.3) is 0 Å². The second-order valence-corrected chi connectivity index (χ2v) is 7.46. The zero-order chi connectivity index (χ0) is 14.5. The van der Waals surface area contributed by atoms with Crippen molar-refractivity contribution in [2.45, 2.75) is 44.4 Å². The van der Waals surface area contributed by atoms with Crippen LogP contribution in [0.5, 0.6) is 0 Å². The summed E-state index contributed by atoms with van der Waals surface area (Å²) in [5.74, 6) is 0.0532. The van der Waals surface area contributed by atoms with Gasteiger partial charge in [-0.05, 0) is 32.0 Å². The molecule has 1 heterocycles. The summed E-state index contributed by atoms with van der Waals surface area (Å²) >= 11 is 0.